The Labute approximate surface area is 173 Å². The number of benzene rings is 3. The monoisotopic (exact) mass is 396 g/mol. The molecule has 1 aromatic heterocycles. The van der Waals surface area contributed by atoms with E-state index in [-0.39, 0.29) is 17.7 Å². The zero-order valence-corrected chi connectivity index (χ0v) is 16.7. The molecule has 1 atom stereocenters. The lowest BCUT2D eigenvalue weighted by molar-refractivity contribution is 0.0993. The van der Waals surface area contributed by atoms with E-state index in [0.717, 1.165) is 33.5 Å². The van der Waals surface area contributed by atoms with Gasteiger partial charge in [0.2, 0.25) is 0 Å². The Hall–Kier alpha value is -3.86. The largest absolute Gasteiger partial charge is 0.423 e. The minimum Gasteiger partial charge on any atom is -0.423 e. The third-order valence-electron chi connectivity index (χ3n) is 5.59. The first-order valence-electron chi connectivity index (χ1n) is 9.82. The summed E-state index contributed by atoms with van der Waals surface area (Å²) in [5.41, 5.74) is 5.26. The van der Waals surface area contributed by atoms with Crippen LogP contribution in [0.15, 0.2) is 82.0 Å². The first-order valence-corrected chi connectivity index (χ1v) is 9.82. The Morgan fingerprint density at radius 2 is 1.63 bits per heavy atom. The summed E-state index contributed by atoms with van der Waals surface area (Å²) >= 11 is 0. The minimum absolute atomic E-state index is 0.0411. The fraction of sp³-hybridized carbons (Fsp3) is 0.120. The van der Waals surface area contributed by atoms with Gasteiger partial charge < -0.3 is 9.73 Å². The van der Waals surface area contributed by atoms with E-state index in [1.54, 1.807) is 4.90 Å². The Kier molecular flexibility index (Phi) is 4.17. The summed E-state index contributed by atoms with van der Waals surface area (Å²) in [4.78, 5) is 26.9. The number of rotatable bonds is 3. The van der Waals surface area contributed by atoms with Crippen LogP contribution in [0.25, 0.3) is 11.0 Å². The number of aryl methyl sites for hydroxylation is 2. The van der Waals surface area contributed by atoms with E-state index < -0.39 is 0 Å². The summed E-state index contributed by atoms with van der Waals surface area (Å²) < 4.78 is 5.39. The molecule has 0 saturated carbocycles. The van der Waals surface area contributed by atoms with Crippen molar-refractivity contribution in [3.05, 3.63) is 105 Å². The average Bonchev–Trinajstić information content (AvgIpc) is 3.00. The SMILES string of the molecule is Cc1ccccc1N1C(=O)c2ccccc2[C@H]1Nc1ccc2c(C)cc(=O)oc2c1. The predicted molar refractivity (Wildman–Crippen MR) is 118 cm³/mol. The molecule has 0 unspecified atom stereocenters. The molecule has 1 amide bonds. The summed E-state index contributed by atoms with van der Waals surface area (Å²) in [7, 11) is 0. The van der Waals surface area contributed by atoms with Gasteiger partial charge in [0.1, 0.15) is 11.7 Å². The molecule has 2 heterocycles. The molecule has 0 fully saturated rings. The Morgan fingerprint density at radius 1 is 0.867 bits per heavy atom. The molecule has 0 aliphatic carbocycles. The maximum absolute atomic E-state index is 13.3. The first-order chi connectivity index (χ1) is 14.5. The Bertz CT molecular complexity index is 1360. The lowest BCUT2D eigenvalue weighted by Crippen LogP contribution is -2.32. The van der Waals surface area contributed by atoms with Crippen molar-refractivity contribution < 1.29 is 9.21 Å². The number of carbonyl (C=O) groups is 1. The number of anilines is 2. The van der Waals surface area contributed by atoms with Crippen molar-refractivity contribution in [1.29, 1.82) is 0 Å². The van der Waals surface area contributed by atoms with Crippen molar-refractivity contribution in [3.63, 3.8) is 0 Å². The van der Waals surface area contributed by atoms with Crippen LogP contribution in [0.4, 0.5) is 11.4 Å². The van der Waals surface area contributed by atoms with Crippen molar-refractivity contribution in [3.8, 4) is 0 Å². The van der Waals surface area contributed by atoms with Crippen LogP contribution in [-0.2, 0) is 0 Å². The number of nitrogens with zero attached hydrogens (tertiary/aromatic N) is 1. The van der Waals surface area contributed by atoms with Crippen molar-refractivity contribution in [1.82, 2.24) is 0 Å². The van der Waals surface area contributed by atoms with Gasteiger partial charge in [-0.2, -0.15) is 0 Å². The van der Waals surface area contributed by atoms with Crippen molar-refractivity contribution in [2.24, 2.45) is 0 Å². The second-order valence-corrected chi connectivity index (χ2v) is 7.56. The van der Waals surface area contributed by atoms with Crippen LogP contribution in [0, 0.1) is 13.8 Å². The summed E-state index contributed by atoms with van der Waals surface area (Å²) in [6.07, 6.45) is -0.371. The second kappa shape index (κ2) is 6.88. The van der Waals surface area contributed by atoms with Gasteiger partial charge >= 0.3 is 5.63 Å². The molecule has 3 aromatic carbocycles. The molecule has 0 bridgehead atoms. The Morgan fingerprint density at radius 3 is 2.47 bits per heavy atom. The highest BCUT2D eigenvalue weighted by molar-refractivity contribution is 6.11. The van der Waals surface area contributed by atoms with E-state index in [4.69, 9.17) is 4.42 Å². The van der Waals surface area contributed by atoms with Gasteiger partial charge in [0, 0.05) is 40.0 Å². The molecule has 1 aliphatic rings. The smallest absolute Gasteiger partial charge is 0.336 e. The highest BCUT2D eigenvalue weighted by Crippen LogP contribution is 2.39. The third-order valence-corrected chi connectivity index (χ3v) is 5.59. The fourth-order valence-electron chi connectivity index (χ4n) is 4.11. The summed E-state index contributed by atoms with van der Waals surface area (Å²) in [5, 5.41) is 4.37. The normalized spacial score (nSPS) is 15.5. The van der Waals surface area contributed by atoms with E-state index in [2.05, 4.69) is 5.32 Å². The molecule has 5 rings (SSSR count). The van der Waals surface area contributed by atoms with Gasteiger partial charge in [0.25, 0.3) is 5.91 Å². The van der Waals surface area contributed by atoms with E-state index in [1.807, 2.05) is 80.6 Å². The fourth-order valence-corrected chi connectivity index (χ4v) is 4.11. The molecule has 1 aliphatic heterocycles. The minimum atomic E-state index is -0.375. The molecule has 5 heteroatoms. The van der Waals surface area contributed by atoms with Crippen LogP contribution >= 0.6 is 0 Å². The van der Waals surface area contributed by atoms with E-state index in [9.17, 15) is 9.59 Å². The van der Waals surface area contributed by atoms with Crippen LogP contribution in [0.3, 0.4) is 0 Å². The number of hydrogen-bond acceptors (Lipinski definition) is 4. The van der Waals surface area contributed by atoms with Gasteiger partial charge in [-0.05, 0) is 49.2 Å². The highest BCUT2D eigenvalue weighted by Gasteiger charge is 2.38. The second-order valence-electron chi connectivity index (χ2n) is 7.56. The lowest BCUT2D eigenvalue weighted by Gasteiger charge is -2.28. The maximum atomic E-state index is 13.3. The summed E-state index contributed by atoms with van der Waals surface area (Å²) in [6.45, 7) is 3.88. The van der Waals surface area contributed by atoms with Gasteiger partial charge in [-0.25, -0.2) is 4.79 Å². The molecule has 1 N–H and O–H groups in total. The topological polar surface area (TPSA) is 62.6 Å². The lowest BCUT2D eigenvalue weighted by atomic mass is 10.1. The molecule has 0 saturated heterocycles. The number of amides is 1. The quantitative estimate of drug-likeness (QED) is 0.485. The van der Waals surface area contributed by atoms with Crippen molar-refractivity contribution in [2.75, 3.05) is 10.2 Å². The molecular formula is C25H20N2O3. The van der Waals surface area contributed by atoms with Crippen LogP contribution < -0.4 is 15.8 Å². The maximum Gasteiger partial charge on any atom is 0.336 e. The summed E-state index contributed by atoms with van der Waals surface area (Å²) in [6, 6.07) is 22.6. The number of nitrogens with one attached hydrogen (secondary N) is 1. The van der Waals surface area contributed by atoms with Crippen LogP contribution in [0.5, 0.6) is 0 Å². The van der Waals surface area contributed by atoms with Crippen molar-refractivity contribution >= 4 is 28.3 Å². The van der Waals surface area contributed by atoms with Gasteiger partial charge in [-0.3, -0.25) is 9.69 Å². The Balaban J connectivity index is 1.62. The molecule has 30 heavy (non-hydrogen) atoms. The molecule has 0 radical (unpaired) electrons. The van der Waals surface area contributed by atoms with Crippen molar-refractivity contribution in [2.45, 2.75) is 20.0 Å². The molecule has 0 spiro atoms. The molecule has 148 valence electrons. The number of fused-ring (bicyclic) bond motifs is 2. The van der Waals surface area contributed by atoms with Crippen LogP contribution in [-0.4, -0.2) is 5.91 Å². The molecule has 5 nitrogen and oxygen atoms in total. The van der Waals surface area contributed by atoms with Gasteiger partial charge in [0.05, 0.1) is 0 Å². The van der Waals surface area contributed by atoms with Crippen LogP contribution in [0.2, 0.25) is 0 Å². The zero-order valence-electron chi connectivity index (χ0n) is 16.7. The van der Waals surface area contributed by atoms with Crippen LogP contribution in [0.1, 0.15) is 33.2 Å². The van der Waals surface area contributed by atoms with Gasteiger partial charge in [-0.15, -0.1) is 0 Å². The summed E-state index contributed by atoms with van der Waals surface area (Å²) in [5.74, 6) is -0.0411. The standard InChI is InChI=1S/C25H20N2O3/c1-15-7-3-6-10-21(15)27-24(19-8-4-5-9-20(19)25(27)29)26-17-11-12-18-16(2)13-23(28)30-22(18)14-17/h3-14,24,26H,1-2H3/t24-/m0/s1. The van der Waals surface area contributed by atoms with Gasteiger partial charge in [0.15, 0.2) is 0 Å². The van der Waals surface area contributed by atoms with E-state index in [1.165, 1.54) is 6.07 Å². The predicted octanol–water partition coefficient (Wildman–Crippen LogP) is 5.18. The average molecular weight is 396 g/mol. The molecule has 4 aromatic rings. The molecular weight excluding hydrogens is 376 g/mol. The zero-order chi connectivity index (χ0) is 20.8. The van der Waals surface area contributed by atoms with E-state index in [0.29, 0.717) is 11.1 Å². The highest BCUT2D eigenvalue weighted by atomic mass is 16.4. The number of para-hydroxylation sites is 1. The first kappa shape index (κ1) is 18.2. The van der Waals surface area contributed by atoms with E-state index >= 15 is 0 Å². The number of carbonyl (C=O) groups excluding carboxylic acids is 1. The third kappa shape index (κ3) is 2.87. The van der Waals surface area contributed by atoms with Gasteiger partial charge in [-0.1, -0.05) is 36.4 Å². The number of hydrogen-bond donors (Lipinski definition) is 1.